The van der Waals surface area contributed by atoms with Crippen molar-refractivity contribution in [3.63, 3.8) is 0 Å². The predicted octanol–water partition coefficient (Wildman–Crippen LogP) is 0.0308. The van der Waals surface area contributed by atoms with Crippen LogP contribution < -0.4 is 0 Å². The maximum absolute atomic E-state index is 11.7. The van der Waals surface area contributed by atoms with Gasteiger partial charge in [0.1, 0.15) is 12.2 Å². The van der Waals surface area contributed by atoms with Gasteiger partial charge >= 0.3 is 0 Å². The Morgan fingerprint density at radius 3 is 2.60 bits per heavy atom. The van der Waals surface area contributed by atoms with Crippen LogP contribution in [-0.4, -0.2) is 40.4 Å². The van der Waals surface area contributed by atoms with Crippen LogP contribution in [0, 0.1) is 5.92 Å². The van der Waals surface area contributed by atoms with Gasteiger partial charge in [0.05, 0.1) is 18.1 Å². The molecule has 1 aliphatic carbocycles. The second-order valence-electron chi connectivity index (χ2n) is 4.59. The topological polar surface area (TPSA) is 70.1 Å². The minimum absolute atomic E-state index is 0.115. The molecule has 5 unspecified atom stereocenters. The lowest BCUT2D eigenvalue weighted by atomic mass is 9.81. The Balaban J connectivity index is 2.08. The number of carbonyl (C=O) groups is 1. The van der Waals surface area contributed by atoms with Gasteiger partial charge in [0.2, 0.25) is 0 Å². The molecule has 5 atom stereocenters. The second kappa shape index (κ2) is 3.70. The minimum atomic E-state index is -0.763. The Bertz CT molecular complexity index is 306. The summed E-state index contributed by atoms with van der Waals surface area (Å²) >= 11 is 0. The lowest BCUT2D eigenvalue weighted by Crippen LogP contribution is -2.42. The van der Waals surface area contributed by atoms with Crippen molar-refractivity contribution in [3.05, 3.63) is 11.6 Å². The third-order valence-corrected chi connectivity index (χ3v) is 2.98. The first-order valence-corrected chi connectivity index (χ1v) is 5.21. The normalized spacial score (nSPS) is 43.1. The molecule has 2 rings (SSSR count). The third kappa shape index (κ3) is 1.97. The fourth-order valence-electron chi connectivity index (χ4n) is 2.16. The lowest BCUT2D eigenvalue weighted by molar-refractivity contribution is -0.124. The Morgan fingerprint density at radius 2 is 2.00 bits per heavy atom. The zero-order valence-electron chi connectivity index (χ0n) is 8.88. The summed E-state index contributed by atoms with van der Waals surface area (Å²) < 4.78 is 5.11. The molecule has 15 heavy (non-hydrogen) atoms. The first-order chi connectivity index (χ1) is 7.00. The van der Waals surface area contributed by atoms with E-state index in [2.05, 4.69) is 0 Å². The largest absolute Gasteiger partial charge is 0.390 e. The number of aliphatic hydroxyl groups excluding tert-OH is 2. The zero-order chi connectivity index (χ0) is 11.2. The number of fused-ring (bicyclic) bond motifs is 1. The molecule has 0 radical (unpaired) electrons. The number of aliphatic hydroxyl groups is 2. The van der Waals surface area contributed by atoms with Gasteiger partial charge < -0.3 is 14.9 Å². The highest BCUT2D eigenvalue weighted by Crippen LogP contribution is 2.40. The summed E-state index contributed by atoms with van der Waals surface area (Å²) in [7, 11) is 0. The number of carbonyl (C=O) groups excluding carboxylic acids is 1. The third-order valence-electron chi connectivity index (χ3n) is 2.98. The van der Waals surface area contributed by atoms with E-state index in [9.17, 15) is 15.0 Å². The van der Waals surface area contributed by atoms with Crippen LogP contribution in [0.15, 0.2) is 11.6 Å². The van der Waals surface area contributed by atoms with Gasteiger partial charge in [-0.3, -0.25) is 4.79 Å². The Labute approximate surface area is 88.6 Å². The van der Waals surface area contributed by atoms with E-state index >= 15 is 0 Å². The van der Waals surface area contributed by atoms with Crippen LogP contribution in [0.5, 0.6) is 0 Å². The smallest absolute Gasteiger partial charge is 0.161 e. The van der Waals surface area contributed by atoms with Crippen LogP contribution in [0.2, 0.25) is 0 Å². The highest BCUT2D eigenvalue weighted by Gasteiger charge is 2.56. The van der Waals surface area contributed by atoms with Crippen molar-refractivity contribution in [1.82, 2.24) is 0 Å². The molecule has 0 bridgehead atoms. The molecule has 2 aliphatic rings. The standard InChI is InChI=1S/C11H16O4/c1-5(2)3-7(12)6-4-8(13)10-11(15-10)9(6)14/h3,6,8-11,13-14H,4H2,1-2H3. The van der Waals surface area contributed by atoms with Crippen LogP contribution in [-0.2, 0) is 9.53 Å². The number of ether oxygens (including phenoxy) is 1. The van der Waals surface area contributed by atoms with Crippen molar-refractivity contribution in [1.29, 1.82) is 0 Å². The number of allylic oxidation sites excluding steroid dienone is 2. The van der Waals surface area contributed by atoms with Crippen LogP contribution >= 0.6 is 0 Å². The number of rotatable bonds is 2. The molecule has 84 valence electrons. The molecule has 4 nitrogen and oxygen atoms in total. The molecule has 1 saturated carbocycles. The molecule has 1 saturated heterocycles. The van der Waals surface area contributed by atoms with Gasteiger partial charge in [0.25, 0.3) is 0 Å². The van der Waals surface area contributed by atoms with Crippen molar-refractivity contribution in [2.45, 2.75) is 44.7 Å². The minimum Gasteiger partial charge on any atom is -0.390 e. The fraction of sp³-hybridized carbons (Fsp3) is 0.727. The summed E-state index contributed by atoms with van der Waals surface area (Å²) in [6.07, 6.45) is -0.155. The lowest BCUT2D eigenvalue weighted by Gasteiger charge is -2.25. The van der Waals surface area contributed by atoms with E-state index in [1.807, 2.05) is 13.8 Å². The Hall–Kier alpha value is -0.710. The molecule has 0 aromatic rings. The fourth-order valence-corrected chi connectivity index (χ4v) is 2.16. The van der Waals surface area contributed by atoms with Gasteiger partial charge in [-0.2, -0.15) is 0 Å². The van der Waals surface area contributed by atoms with E-state index < -0.39 is 18.1 Å². The number of hydrogen-bond donors (Lipinski definition) is 2. The predicted molar refractivity (Wildman–Crippen MR) is 53.2 cm³/mol. The molecule has 1 aliphatic heterocycles. The number of epoxide rings is 1. The SMILES string of the molecule is CC(C)=CC(=O)C1CC(O)C2OC2C1O. The first kappa shape index (κ1) is 10.8. The maximum atomic E-state index is 11.7. The quantitative estimate of drug-likeness (QED) is 0.500. The van der Waals surface area contributed by atoms with Crippen molar-refractivity contribution < 1.29 is 19.7 Å². The molecule has 4 heteroatoms. The molecule has 0 amide bonds. The van der Waals surface area contributed by atoms with Crippen LogP contribution in [0.3, 0.4) is 0 Å². The van der Waals surface area contributed by atoms with Crippen molar-refractivity contribution in [2.75, 3.05) is 0 Å². The Morgan fingerprint density at radius 1 is 1.33 bits per heavy atom. The second-order valence-corrected chi connectivity index (χ2v) is 4.59. The summed E-state index contributed by atoms with van der Waals surface area (Å²) in [6, 6.07) is 0. The van der Waals surface area contributed by atoms with E-state index in [4.69, 9.17) is 4.74 Å². The number of hydrogen-bond acceptors (Lipinski definition) is 4. The van der Waals surface area contributed by atoms with E-state index in [-0.39, 0.29) is 18.0 Å². The van der Waals surface area contributed by atoms with Crippen molar-refractivity contribution in [3.8, 4) is 0 Å². The molecule has 0 aromatic carbocycles. The average Bonchev–Trinajstić information content (AvgIpc) is 2.89. The van der Waals surface area contributed by atoms with Gasteiger partial charge in [0.15, 0.2) is 5.78 Å². The van der Waals surface area contributed by atoms with Gasteiger partial charge in [-0.1, -0.05) is 5.57 Å². The Kier molecular flexibility index (Phi) is 2.66. The number of ketones is 1. The van der Waals surface area contributed by atoms with E-state index in [1.54, 1.807) is 0 Å². The summed E-state index contributed by atoms with van der Waals surface area (Å²) in [4.78, 5) is 11.7. The summed E-state index contributed by atoms with van der Waals surface area (Å²) in [5.74, 6) is -0.630. The summed E-state index contributed by atoms with van der Waals surface area (Å²) in [5, 5.41) is 19.4. The van der Waals surface area contributed by atoms with E-state index in [0.29, 0.717) is 6.42 Å². The molecule has 0 aromatic heterocycles. The average molecular weight is 212 g/mol. The highest BCUT2D eigenvalue weighted by atomic mass is 16.6. The monoisotopic (exact) mass is 212 g/mol. The molecule has 2 fully saturated rings. The van der Waals surface area contributed by atoms with Gasteiger partial charge in [-0.15, -0.1) is 0 Å². The summed E-state index contributed by atoms with van der Waals surface area (Å²) in [5.41, 5.74) is 0.903. The van der Waals surface area contributed by atoms with Gasteiger partial charge in [0, 0.05) is 0 Å². The molecule has 1 heterocycles. The van der Waals surface area contributed by atoms with E-state index in [1.165, 1.54) is 6.08 Å². The van der Waals surface area contributed by atoms with Gasteiger partial charge in [-0.25, -0.2) is 0 Å². The van der Waals surface area contributed by atoms with Crippen LogP contribution in [0.25, 0.3) is 0 Å². The highest BCUT2D eigenvalue weighted by molar-refractivity contribution is 5.93. The molecule has 2 N–H and O–H groups in total. The van der Waals surface area contributed by atoms with E-state index in [0.717, 1.165) is 5.57 Å². The van der Waals surface area contributed by atoms with Crippen molar-refractivity contribution >= 4 is 5.78 Å². The molecule has 0 spiro atoms. The molecular weight excluding hydrogens is 196 g/mol. The van der Waals surface area contributed by atoms with Crippen molar-refractivity contribution in [2.24, 2.45) is 5.92 Å². The van der Waals surface area contributed by atoms with Gasteiger partial charge in [-0.05, 0) is 26.3 Å². The van der Waals surface area contributed by atoms with Crippen LogP contribution in [0.1, 0.15) is 20.3 Å². The van der Waals surface area contributed by atoms with Crippen LogP contribution in [0.4, 0.5) is 0 Å². The maximum Gasteiger partial charge on any atom is 0.161 e. The molecular formula is C11H16O4. The summed E-state index contributed by atoms with van der Waals surface area (Å²) in [6.45, 7) is 3.67. The zero-order valence-corrected chi connectivity index (χ0v) is 8.88. The first-order valence-electron chi connectivity index (χ1n) is 5.21.